The first-order valence-corrected chi connectivity index (χ1v) is 10.1. The minimum absolute atomic E-state index is 0.0578. The second-order valence-electron chi connectivity index (χ2n) is 8.21. The third kappa shape index (κ3) is 2.99. The Kier molecular flexibility index (Phi) is 4.37. The highest BCUT2D eigenvalue weighted by atomic mass is 16.5. The van der Waals surface area contributed by atoms with E-state index in [9.17, 15) is 4.79 Å². The van der Waals surface area contributed by atoms with E-state index in [4.69, 9.17) is 9.47 Å². The molecule has 0 saturated carbocycles. The molecule has 0 unspecified atom stereocenters. The lowest BCUT2D eigenvalue weighted by atomic mass is 10.0. The predicted octanol–water partition coefficient (Wildman–Crippen LogP) is 3.06. The van der Waals surface area contributed by atoms with Crippen LogP contribution in [0.1, 0.15) is 28.8 Å². The average molecular weight is 378 g/mol. The highest BCUT2D eigenvalue weighted by Gasteiger charge is 2.29. The van der Waals surface area contributed by atoms with Crippen LogP contribution in [0.15, 0.2) is 36.4 Å². The number of benzene rings is 2. The molecule has 0 amide bonds. The highest BCUT2D eigenvalue weighted by Crippen LogP contribution is 2.40. The minimum Gasteiger partial charge on any atom is -0.492 e. The number of carbonyl (C=O) groups is 1. The zero-order valence-electron chi connectivity index (χ0n) is 16.5. The maximum atomic E-state index is 13.0. The standard InChI is InChI=1S/C23H26N2O3/c1-24-9-7-15(24)13-27-17-3-5-19-20-6-4-18(28-14-16-8-10-25(16)2)12-22(20)23(26)21(19)11-17/h3-6,11-12,15-16H,7-10,13-14H2,1-2H3/t15-,16-/m1/s1. The number of ketones is 1. The first-order chi connectivity index (χ1) is 13.6. The fourth-order valence-electron chi connectivity index (χ4n) is 4.16. The van der Waals surface area contributed by atoms with E-state index in [-0.39, 0.29) is 5.78 Å². The number of hydrogen-bond acceptors (Lipinski definition) is 5. The first kappa shape index (κ1) is 17.7. The van der Waals surface area contributed by atoms with E-state index in [0.717, 1.165) is 46.8 Å². The van der Waals surface area contributed by atoms with Crippen LogP contribution in [-0.2, 0) is 0 Å². The van der Waals surface area contributed by atoms with E-state index in [1.165, 1.54) is 12.8 Å². The number of ether oxygens (including phenoxy) is 2. The van der Waals surface area contributed by atoms with Crippen LogP contribution in [0, 0.1) is 0 Å². The van der Waals surface area contributed by atoms with Crippen LogP contribution >= 0.6 is 0 Å². The molecule has 2 atom stereocenters. The lowest BCUT2D eigenvalue weighted by Crippen LogP contribution is -2.48. The Morgan fingerprint density at radius 1 is 0.786 bits per heavy atom. The van der Waals surface area contributed by atoms with E-state index in [0.29, 0.717) is 25.3 Å². The van der Waals surface area contributed by atoms with Gasteiger partial charge >= 0.3 is 0 Å². The Balaban J connectivity index is 1.30. The van der Waals surface area contributed by atoms with Gasteiger partial charge in [-0.15, -0.1) is 0 Å². The van der Waals surface area contributed by atoms with Gasteiger partial charge in [0.15, 0.2) is 5.78 Å². The van der Waals surface area contributed by atoms with Crippen molar-refractivity contribution in [2.75, 3.05) is 40.4 Å². The van der Waals surface area contributed by atoms with Crippen molar-refractivity contribution in [2.24, 2.45) is 0 Å². The van der Waals surface area contributed by atoms with Gasteiger partial charge in [-0.05, 0) is 87.6 Å². The van der Waals surface area contributed by atoms with Crippen LogP contribution in [0.5, 0.6) is 11.5 Å². The van der Waals surface area contributed by atoms with Gasteiger partial charge in [-0.3, -0.25) is 14.6 Å². The Morgan fingerprint density at radius 3 is 1.61 bits per heavy atom. The molecular weight excluding hydrogens is 352 g/mol. The molecule has 2 aliphatic heterocycles. The molecule has 0 N–H and O–H groups in total. The molecule has 5 nitrogen and oxygen atoms in total. The van der Waals surface area contributed by atoms with Crippen molar-refractivity contribution in [1.29, 1.82) is 0 Å². The van der Waals surface area contributed by atoms with Crippen molar-refractivity contribution in [1.82, 2.24) is 9.80 Å². The SMILES string of the molecule is CN1CC[C@@H]1COc1ccc2c(c1)C(=O)c1cc(OC[C@H]3CCN3C)ccc1-2. The van der Waals surface area contributed by atoms with Crippen molar-refractivity contribution in [3.63, 3.8) is 0 Å². The summed E-state index contributed by atoms with van der Waals surface area (Å²) < 4.78 is 11.9. The molecule has 2 heterocycles. The Morgan fingerprint density at radius 2 is 1.25 bits per heavy atom. The maximum absolute atomic E-state index is 13.0. The number of carbonyl (C=O) groups excluding carboxylic acids is 1. The molecule has 0 aromatic heterocycles. The zero-order chi connectivity index (χ0) is 19.3. The molecule has 2 aromatic rings. The van der Waals surface area contributed by atoms with Crippen LogP contribution in [0.3, 0.4) is 0 Å². The molecular formula is C23H26N2O3. The number of fused-ring (bicyclic) bond motifs is 3. The van der Waals surface area contributed by atoms with Gasteiger partial charge < -0.3 is 9.47 Å². The van der Waals surface area contributed by atoms with Gasteiger partial charge in [0.25, 0.3) is 0 Å². The molecule has 146 valence electrons. The quantitative estimate of drug-likeness (QED) is 0.659. The summed E-state index contributed by atoms with van der Waals surface area (Å²) in [5.74, 6) is 1.59. The van der Waals surface area contributed by atoms with Crippen molar-refractivity contribution < 1.29 is 14.3 Å². The zero-order valence-corrected chi connectivity index (χ0v) is 16.5. The van der Waals surface area contributed by atoms with Gasteiger partial charge in [-0.1, -0.05) is 0 Å². The van der Waals surface area contributed by atoms with Crippen molar-refractivity contribution >= 4 is 5.78 Å². The molecule has 2 saturated heterocycles. The summed E-state index contributed by atoms with van der Waals surface area (Å²) in [6.45, 7) is 3.61. The van der Waals surface area contributed by atoms with Crippen molar-refractivity contribution in [3.05, 3.63) is 47.5 Å². The van der Waals surface area contributed by atoms with E-state index >= 15 is 0 Å². The number of hydrogen-bond donors (Lipinski definition) is 0. The minimum atomic E-state index is 0.0578. The van der Waals surface area contributed by atoms with E-state index in [2.05, 4.69) is 23.9 Å². The summed E-state index contributed by atoms with van der Waals surface area (Å²) in [6, 6.07) is 12.7. The van der Waals surface area contributed by atoms with E-state index in [1.807, 2.05) is 36.4 Å². The summed E-state index contributed by atoms with van der Waals surface area (Å²) in [6.07, 6.45) is 2.34. The predicted molar refractivity (Wildman–Crippen MR) is 108 cm³/mol. The molecule has 1 aliphatic carbocycles. The van der Waals surface area contributed by atoms with Gasteiger partial charge in [0, 0.05) is 23.2 Å². The molecule has 28 heavy (non-hydrogen) atoms. The molecule has 3 aliphatic rings. The van der Waals surface area contributed by atoms with Gasteiger partial charge in [0.1, 0.15) is 24.7 Å². The molecule has 2 aromatic carbocycles. The Bertz CT molecular complexity index is 853. The number of likely N-dealkylation sites (N-methyl/N-ethyl adjacent to an activating group) is 2. The summed E-state index contributed by atoms with van der Waals surface area (Å²) in [7, 11) is 4.23. The van der Waals surface area contributed by atoms with Crippen LogP contribution in [0.4, 0.5) is 0 Å². The van der Waals surface area contributed by atoms with Gasteiger partial charge in [-0.2, -0.15) is 0 Å². The number of rotatable bonds is 6. The lowest BCUT2D eigenvalue weighted by Gasteiger charge is -2.37. The monoisotopic (exact) mass is 378 g/mol. The van der Waals surface area contributed by atoms with Crippen LogP contribution < -0.4 is 9.47 Å². The summed E-state index contributed by atoms with van der Waals surface area (Å²) in [5.41, 5.74) is 3.42. The lowest BCUT2D eigenvalue weighted by molar-refractivity contribution is 0.0768. The third-order valence-electron chi connectivity index (χ3n) is 6.52. The maximum Gasteiger partial charge on any atom is 0.194 e. The van der Waals surface area contributed by atoms with Gasteiger partial charge in [0.2, 0.25) is 0 Å². The normalized spacial score (nSPS) is 23.6. The summed E-state index contributed by atoms with van der Waals surface area (Å²) >= 11 is 0. The summed E-state index contributed by atoms with van der Waals surface area (Å²) in [4.78, 5) is 17.6. The van der Waals surface area contributed by atoms with Crippen molar-refractivity contribution in [2.45, 2.75) is 24.9 Å². The molecule has 0 radical (unpaired) electrons. The second-order valence-corrected chi connectivity index (χ2v) is 8.21. The van der Waals surface area contributed by atoms with Crippen LogP contribution in [0.2, 0.25) is 0 Å². The fourth-order valence-corrected chi connectivity index (χ4v) is 4.16. The second kappa shape index (κ2) is 6.90. The number of likely N-dealkylation sites (tertiary alicyclic amines) is 2. The largest absolute Gasteiger partial charge is 0.492 e. The smallest absolute Gasteiger partial charge is 0.194 e. The molecule has 2 fully saturated rings. The van der Waals surface area contributed by atoms with E-state index < -0.39 is 0 Å². The fraction of sp³-hybridized carbons (Fsp3) is 0.435. The molecule has 5 rings (SSSR count). The first-order valence-electron chi connectivity index (χ1n) is 10.1. The summed E-state index contributed by atoms with van der Waals surface area (Å²) in [5, 5.41) is 0. The number of nitrogens with zero attached hydrogens (tertiary/aromatic N) is 2. The molecule has 0 spiro atoms. The topological polar surface area (TPSA) is 42.0 Å². The third-order valence-corrected chi connectivity index (χ3v) is 6.52. The Hall–Kier alpha value is -2.37. The molecule has 0 bridgehead atoms. The highest BCUT2D eigenvalue weighted by molar-refractivity contribution is 6.22. The van der Waals surface area contributed by atoms with E-state index in [1.54, 1.807) is 0 Å². The van der Waals surface area contributed by atoms with Gasteiger partial charge in [-0.25, -0.2) is 0 Å². The van der Waals surface area contributed by atoms with Crippen LogP contribution in [-0.4, -0.2) is 68.1 Å². The Labute approximate surface area is 165 Å². The van der Waals surface area contributed by atoms with Crippen molar-refractivity contribution in [3.8, 4) is 22.6 Å². The molecule has 5 heteroatoms. The van der Waals surface area contributed by atoms with Gasteiger partial charge in [0.05, 0.1) is 0 Å². The average Bonchev–Trinajstić information content (AvgIpc) is 2.97. The van der Waals surface area contributed by atoms with Crippen LogP contribution in [0.25, 0.3) is 11.1 Å².